The molecule has 1 aromatic carbocycles. The van der Waals surface area contributed by atoms with Gasteiger partial charge in [-0.1, -0.05) is 43.0 Å². The molecule has 2 heteroatoms. The van der Waals surface area contributed by atoms with Gasteiger partial charge >= 0.3 is 0 Å². The van der Waals surface area contributed by atoms with E-state index in [0.717, 1.165) is 31.2 Å². The molecule has 1 atom stereocenters. The first-order valence-corrected chi connectivity index (χ1v) is 6.43. The SMILES string of the molecule is CC(F)C1(c2cccc(Cl)c2)CCCCC1. The summed E-state index contributed by atoms with van der Waals surface area (Å²) >= 11 is 6.01. The largest absolute Gasteiger partial charge is 0.247 e. The Labute approximate surface area is 102 Å². The fourth-order valence-corrected chi connectivity index (χ4v) is 3.09. The number of rotatable bonds is 2. The van der Waals surface area contributed by atoms with Crippen molar-refractivity contribution in [2.24, 2.45) is 0 Å². The normalized spacial score (nSPS) is 21.7. The van der Waals surface area contributed by atoms with Crippen molar-refractivity contribution in [2.45, 2.75) is 50.6 Å². The van der Waals surface area contributed by atoms with Crippen molar-refractivity contribution in [3.63, 3.8) is 0 Å². The van der Waals surface area contributed by atoms with E-state index in [4.69, 9.17) is 11.6 Å². The Balaban J connectivity index is 2.38. The third-order valence-electron chi connectivity index (χ3n) is 3.91. The van der Waals surface area contributed by atoms with Gasteiger partial charge in [-0.2, -0.15) is 0 Å². The number of alkyl halides is 1. The van der Waals surface area contributed by atoms with Crippen molar-refractivity contribution in [3.05, 3.63) is 34.9 Å². The molecule has 16 heavy (non-hydrogen) atoms. The molecule has 0 amide bonds. The molecular weight excluding hydrogens is 223 g/mol. The van der Waals surface area contributed by atoms with E-state index in [9.17, 15) is 4.39 Å². The summed E-state index contributed by atoms with van der Waals surface area (Å²) in [4.78, 5) is 0. The van der Waals surface area contributed by atoms with Gasteiger partial charge in [-0.15, -0.1) is 0 Å². The lowest BCUT2D eigenvalue weighted by atomic mass is 9.67. The molecule has 0 aliphatic heterocycles. The number of hydrogen-bond acceptors (Lipinski definition) is 0. The van der Waals surface area contributed by atoms with Gasteiger partial charge in [0, 0.05) is 10.4 Å². The molecular formula is C14H18ClF. The second-order valence-corrected chi connectivity index (χ2v) is 5.28. The standard InChI is InChI=1S/C14H18ClF/c1-11(16)14(8-3-2-4-9-14)12-6-5-7-13(15)10-12/h5-7,10-11H,2-4,8-9H2,1H3. The monoisotopic (exact) mass is 240 g/mol. The third kappa shape index (κ3) is 2.10. The summed E-state index contributed by atoms with van der Waals surface area (Å²) in [6.45, 7) is 1.69. The van der Waals surface area contributed by atoms with Gasteiger partial charge in [-0.05, 0) is 37.5 Å². The molecule has 0 heterocycles. The van der Waals surface area contributed by atoms with E-state index in [-0.39, 0.29) is 5.41 Å². The molecule has 0 N–H and O–H groups in total. The predicted molar refractivity (Wildman–Crippen MR) is 66.8 cm³/mol. The van der Waals surface area contributed by atoms with Crippen LogP contribution in [-0.2, 0) is 5.41 Å². The minimum atomic E-state index is -0.800. The van der Waals surface area contributed by atoms with Gasteiger partial charge < -0.3 is 0 Å². The summed E-state index contributed by atoms with van der Waals surface area (Å²) in [5, 5.41) is 0.711. The van der Waals surface area contributed by atoms with Crippen molar-refractivity contribution in [1.29, 1.82) is 0 Å². The quantitative estimate of drug-likeness (QED) is 0.690. The van der Waals surface area contributed by atoms with Crippen LogP contribution in [0.2, 0.25) is 5.02 Å². The Hall–Kier alpha value is -0.560. The summed E-state index contributed by atoms with van der Waals surface area (Å²) in [5.41, 5.74) is 0.790. The van der Waals surface area contributed by atoms with Gasteiger partial charge in [0.05, 0.1) is 0 Å². The smallest absolute Gasteiger partial charge is 0.107 e. The fraction of sp³-hybridized carbons (Fsp3) is 0.571. The zero-order chi connectivity index (χ0) is 11.6. The molecule has 1 aromatic rings. The van der Waals surface area contributed by atoms with Crippen LogP contribution in [0.5, 0.6) is 0 Å². The van der Waals surface area contributed by atoms with E-state index >= 15 is 0 Å². The Kier molecular flexibility index (Phi) is 3.53. The molecule has 0 aromatic heterocycles. The highest BCUT2D eigenvalue weighted by molar-refractivity contribution is 6.30. The van der Waals surface area contributed by atoms with Gasteiger partial charge in [-0.3, -0.25) is 0 Å². The van der Waals surface area contributed by atoms with E-state index in [1.165, 1.54) is 6.42 Å². The summed E-state index contributed by atoms with van der Waals surface area (Å²) in [7, 11) is 0. The first-order valence-electron chi connectivity index (χ1n) is 6.05. The Morgan fingerprint density at radius 1 is 1.25 bits per heavy atom. The minimum Gasteiger partial charge on any atom is -0.247 e. The molecule has 1 aliphatic rings. The average Bonchev–Trinajstić information content (AvgIpc) is 2.30. The first-order chi connectivity index (χ1) is 7.65. The lowest BCUT2D eigenvalue weighted by molar-refractivity contribution is 0.151. The van der Waals surface area contributed by atoms with Crippen LogP contribution in [0.3, 0.4) is 0 Å². The summed E-state index contributed by atoms with van der Waals surface area (Å²) in [6.07, 6.45) is 4.58. The van der Waals surface area contributed by atoms with Crippen molar-refractivity contribution in [3.8, 4) is 0 Å². The molecule has 2 rings (SSSR count). The fourth-order valence-electron chi connectivity index (χ4n) is 2.90. The van der Waals surface area contributed by atoms with E-state index in [1.54, 1.807) is 6.92 Å². The molecule has 1 aliphatic carbocycles. The lowest BCUT2D eigenvalue weighted by Crippen LogP contribution is -2.37. The topological polar surface area (TPSA) is 0 Å². The van der Waals surface area contributed by atoms with E-state index in [2.05, 4.69) is 0 Å². The van der Waals surface area contributed by atoms with Gasteiger partial charge in [0.15, 0.2) is 0 Å². The molecule has 0 bridgehead atoms. The van der Waals surface area contributed by atoms with E-state index < -0.39 is 6.17 Å². The zero-order valence-electron chi connectivity index (χ0n) is 9.68. The van der Waals surface area contributed by atoms with Crippen LogP contribution in [0.4, 0.5) is 4.39 Å². The number of halogens is 2. The molecule has 1 fully saturated rings. The highest BCUT2D eigenvalue weighted by atomic mass is 35.5. The minimum absolute atomic E-state index is 0.289. The van der Waals surface area contributed by atoms with Gasteiger partial charge in [0.2, 0.25) is 0 Å². The van der Waals surface area contributed by atoms with Crippen molar-refractivity contribution >= 4 is 11.6 Å². The summed E-state index contributed by atoms with van der Waals surface area (Å²) in [6, 6.07) is 7.73. The number of benzene rings is 1. The van der Waals surface area contributed by atoms with Crippen LogP contribution in [0.25, 0.3) is 0 Å². The Morgan fingerprint density at radius 2 is 1.94 bits per heavy atom. The van der Waals surface area contributed by atoms with E-state index in [1.807, 2.05) is 24.3 Å². The molecule has 0 saturated heterocycles. The van der Waals surface area contributed by atoms with Crippen LogP contribution in [-0.4, -0.2) is 6.17 Å². The highest BCUT2D eigenvalue weighted by Gasteiger charge is 2.39. The van der Waals surface area contributed by atoms with Crippen LogP contribution in [0, 0.1) is 0 Å². The second-order valence-electron chi connectivity index (χ2n) is 4.84. The van der Waals surface area contributed by atoms with Crippen LogP contribution < -0.4 is 0 Å². The second kappa shape index (κ2) is 4.75. The average molecular weight is 241 g/mol. The van der Waals surface area contributed by atoms with Crippen molar-refractivity contribution in [1.82, 2.24) is 0 Å². The maximum absolute atomic E-state index is 14.0. The maximum Gasteiger partial charge on any atom is 0.107 e. The first kappa shape index (κ1) is 11.9. The highest BCUT2D eigenvalue weighted by Crippen LogP contribution is 2.43. The van der Waals surface area contributed by atoms with Crippen molar-refractivity contribution < 1.29 is 4.39 Å². The molecule has 0 radical (unpaired) electrons. The van der Waals surface area contributed by atoms with Crippen LogP contribution >= 0.6 is 11.6 Å². The van der Waals surface area contributed by atoms with Crippen LogP contribution in [0.15, 0.2) is 24.3 Å². The Bertz CT molecular complexity index is 354. The predicted octanol–water partition coefficient (Wildman–Crippen LogP) is 4.90. The van der Waals surface area contributed by atoms with Crippen LogP contribution in [0.1, 0.15) is 44.6 Å². The van der Waals surface area contributed by atoms with Gasteiger partial charge in [0.25, 0.3) is 0 Å². The summed E-state index contributed by atoms with van der Waals surface area (Å²) < 4.78 is 14.0. The molecule has 1 unspecified atom stereocenters. The molecule has 1 saturated carbocycles. The van der Waals surface area contributed by atoms with Crippen molar-refractivity contribution in [2.75, 3.05) is 0 Å². The van der Waals surface area contributed by atoms with E-state index in [0.29, 0.717) is 5.02 Å². The lowest BCUT2D eigenvalue weighted by Gasteiger charge is -2.39. The Morgan fingerprint density at radius 3 is 2.50 bits per heavy atom. The molecule has 0 nitrogen and oxygen atoms in total. The van der Waals surface area contributed by atoms with Gasteiger partial charge in [0.1, 0.15) is 6.17 Å². The molecule has 0 spiro atoms. The molecule has 88 valence electrons. The number of hydrogen-bond donors (Lipinski definition) is 0. The summed E-state index contributed by atoms with van der Waals surface area (Å²) in [5.74, 6) is 0. The maximum atomic E-state index is 14.0. The third-order valence-corrected chi connectivity index (χ3v) is 4.14. The van der Waals surface area contributed by atoms with Gasteiger partial charge in [-0.25, -0.2) is 4.39 Å². The zero-order valence-corrected chi connectivity index (χ0v) is 10.4.